The molecule has 1 saturated heterocycles. The Hall–Kier alpha value is -1.49. The summed E-state index contributed by atoms with van der Waals surface area (Å²) in [5, 5.41) is 14.1. The quantitative estimate of drug-likeness (QED) is 0.588. The van der Waals surface area contributed by atoms with Crippen LogP contribution >= 0.6 is 0 Å². The Morgan fingerprint density at radius 2 is 2.20 bits per heavy atom. The van der Waals surface area contributed by atoms with E-state index in [1.54, 1.807) is 6.20 Å². The minimum Gasteiger partial charge on any atom is -0.317 e. The molecule has 0 bridgehead atoms. The Balaban J connectivity index is 2.29. The van der Waals surface area contributed by atoms with Gasteiger partial charge in [-0.3, -0.25) is 15.1 Å². The minimum atomic E-state index is -0.320. The second-order valence-corrected chi connectivity index (χ2v) is 3.72. The van der Waals surface area contributed by atoms with Crippen LogP contribution in [-0.2, 0) is 0 Å². The van der Waals surface area contributed by atoms with Crippen molar-refractivity contribution in [2.45, 2.75) is 18.8 Å². The first-order valence-corrected chi connectivity index (χ1v) is 5.08. The molecule has 15 heavy (non-hydrogen) atoms. The summed E-state index contributed by atoms with van der Waals surface area (Å²) in [5.41, 5.74) is 0.987. The summed E-state index contributed by atoms with van der Waals surface area (Å²) in [6.07, 6.45) is 5.01. The SMILES string of the molecule is O=[N+]([O-])c1ccncc1C1CCNCC1. The molecule has 0 unspecified atom stereocenters. The highest BCUT2D eigenvalue weighted by molar-refractivity contribution is 5.40. The maximum absolute atomic E-state index is 10.8. The van der Waals surface area contributed by atoms with Crippen LogP contribution < -0.4 is 5.32 Å². The number of hydrogen-bond acceptors (Lipinski definition) is 4. The Labute approximate surface area is 87.7 Å². The lowest BCUT2D eigenvalue weighted by molar-refractivity contribution is -0.385. The topological polar surface area (TPSA) is 68.1 Å². The van der Waals surface area contributed by atoms with Gasteiger partial charge in [-0.25, -0.2) is 0 Å². The average Bonchev–Trinajstić information content (AvgIpc) is 2.30. The summed E-state index contributed by atoms with van der Waals surface area (Å²) >= 11 is 0. The number of hydrogen-bond donors (Lipinski definition) is 1. The zero-order valence-corrected chi connectivity index (χ0v) is 8.35. The van der Waals surface area contributed by atoms with E-state index in [1.807, 2.05) is 0 Å². The van der Waals surface area contributed by atoms with E-state index in [4.69, 9.17) is 0 Å². The molecule has 0 atom stereocenters. The molecule has 80 valence electrons. The molecule has 1 aliphatic heterocycles. The van der Waals surface area contributed by atoms with E-state index < -0.39 is 0 Å². The van der Waals surface area contributed by atoms with Crippen molar-refractivity contribution in [2.75, 3.05) is 13.1 Å². The Bertz CT molecular complexity index is 361. The zero-order valence-electron chi connectivity index (χ0n) is 8.35. The molecule has 1 aromatic rings. The van der Waals surface area contributed by atoms with Crippen molar-refractivity contribution in [3.63, 3.8) is 0 Å². The Morgan fingerprint density at radius 1 is 1.47 bits per heavy atom. The van der Waals surface area contributed by atoms with Crippen molar-refractivity contribution in [3.8, 4) is 0 Å². The van der Waals surface area contributed by atoms with Crippen LogP contribution in [0.5, 0.6) is 0 Å². The average molecular weight is 207 g/mol. The molecular formula is C10H13N3O2. The van der Waals surface area contributed by atoms with Crippen molar-refractivity contribution in [2.24, 2.45) is 0 Å². The molecule has 2 rings (SSSR count). The van der Waals surface area contributed by atoms with Gasteiger partial charge in [0.05, 0.1) is 10.5 Å². The van der Waals surface area contributed by atoms with E-state index in [0.717, 1.165) is 31.5 Å². The van der Waals surface area contributed by atoms with E-state index in [-0.39, 0.29) is 16.5 Å². The largest absolute Gasteiger partial charge is 0.317 e. The number of rotatable bonds is 2. The van der Waals surface area contributed by atoms with Crippen molar-refractivity contribution in [1.82, 2.24) is 10.3 Å². The molecule has 1 aromatic heterocycles. The van der Waals surface area contributed by atoms with Crippen molar-refractivity contribution < 1.29 is 4.92 Å². The van der Waals surface area contributed by atoms with Gasteiger partial charge in [-0.2, -0.15) is 0 Å². The van der Waals surface area contributed by atoms with Gasteiger partial charge in [0.2, 0.25) is 0 Å². The number of nitrogens with zero attached hydrogens (tertiary/aromatic N) is 2. The third-order valence-corrected chi connectivity index (χ3v) is 2.80. The summed E-state index contributed by atoms with van der Waals surface area (Å²) in [4.78, 5) is 14.5. The number of pyridine rings is 1. The first-order valence-electron chi connectivity index (χ1n) is 5.08. The summed E-state index contributed by atoms with van der Waals surface area (Å²) in [7, 11) is 0. The van der Waals surface area contributed by atoms with E-state index in [9.17, 15) is 10.1 Å². The Morgan fingerprint density at radius 3 is 2.87 bits per heavy atom. The molecule has 1 aliphatic rings. The summed E-state index contributed by atoms with van der Waals surface area (Å²) in [5.74, 6) is 0.278. The van der Waals surface area contributed by atoms with Crippen LogP contribution in [-0.4, -0.2) is 23.0 Å². The third kappa shape index (κ3) is 2.12. The zero-order chi connectivity index (χ0) is 10.7. The smallest absolute Gasteiger partial charge is 0.275 e. The maximum Gasteiger partial charge on any atom is 0.275 e. The van der Waals surface area contributed by atoms with Gasteiger partial charge in [0.15, 0.2) is 0 Å². The third-order valence-electron chi connectivity index (χ3n) is 2.80. The van der Waals surface area contributed by atoms with E-state index in [2.05, 4.69) is 10.3 Å². The van der Waals surface area contributed by atoms with Gasteiger partial charge in [0.25, 0.3) is 5.69 Å². The summed E-state index contributed by atoms with van der Waals surface area (Å²) in [6.45, 7) is 1.85. The molecule has 0 saturated carbocycles. The van der Waals surface area contributed by atoms with E-state index in [0.29, 0.717) is 0 Å². The second kappa shape index (κ2) is 4.35. The van der Waals surface area contributed by atoms with Crippen molar-refractivity contribution in [1.29, 1.82) is 0 Å². The van der Waals surface area contributed by atoms with Gasteiger partial charge in [0, 0.05) is 18.5 Å². The Kier molecular flexibility index (Phi) is 2.91. The highest BCUT2D eigenvalue weighted by Gasteiger charge is 2.23. The van der Waals surface area contributed by atoms with Crippen LogP contribution in [0.3, 0.4) is 0 Å². The van der Waals surface area contributed by atoms with Crippen LogP contribution in [0.15, 0.2) is 18.5 Å². The van der Waals surface area contributed by atoms with Gasteiger partial charge in [0.1, 0.15) is 0 Å². The summed E-state index contributed by atoms with van der Waals surface area (Å²) in [6, 6.07) is 1.48. The lowest BCUT2D eigenvalue weighted by Crippen LogP contribution is -2.27. The fraction of sp³-hybridized carbons (Fsp3) is 0.500. The molecule has 0 radical (unpaired) electrons. The molecule has 0 amide bonds. The van der Waals surface area contributed by atoms with Crippen LogP contribution in [0.1, 0.15) is 24.3 Å². The van der Waals surface area contributed by atoms with E-state index in [1.165, 1.54) is 12.3 Å². The van der Waals surface area contributed by atoms with Gasteiger partial charge in [-0.1, -0.05) is 0 Å². The first kappa shape index (κ1) is 10.0. The van der Waals surface area contributed by atoms with Crippen molar-refractivity contribution in [3.05, 3.63) is 34.1 Å². The molecular weight excluding hydrogens is 194 g/mol. The molecule has 5 heteroatoms. The van der Waals surface area contributed by atoms with Crippen molar-refractivity contribution >= 4 is 5.69 Å². The molecule has 2 heterocycles. The minimum absolute atomic E-state index is 0.205. The number of nitro groups is 1. The number of nitrogens with one attached hydrogen (secondary N) is 1. The molecule has 1 N–H and O–H groups in total. The van der Waals surface area contributed by atoms with Crippen LogP contribution in [0, 0.1) is 10.1 Å². The first-order chi connectivity index (χ1) is 7.29. The predicted molar refractivity (Wildman–Crippen MR) is 55.7 cm³/mol. The monoisotopic (exact) mass is 207 g/mol. The maximum atomic E-state index is 10.8. The fourth-order valence-corrected chi connectivity index (χ4v) is 2.01. The lowest BCUT2D eigenvalue weighted by Gasteiger charge is -2.22. The lowest BCUT2D eigenvalue weighted by atomic mass is 9.90. The second-order valence-electron chi connectivity index (χ2n) is 3.72. The number of piperidine rings is 1. The molecule has 1 fully saturated rings. The molecule has 0 spiro atoms. The number of aromatic nitrogens is 1. The van der Waals surface area contributed by atoms with Gasteiger partial charge < -0.3 is 5.32 Å². The van der Waals surface area contributed by atoms with Gasteiger partial charge >= 0.3 is 0 Å². The standard InChI is InChI=1S/C10H13N3O2/c14-13(15)10-3-6-12-7-9(10)8-1-4-11-5-2-8/h3,6-8,11H,1-2,4-5H2. The molecule has 5 nitrogen and oxygen atoms in total. The van der Waals surface area contributed by atoms with Crippen LogP contribution in [0.4, 0.5) is 5.69 Å². The predicted octanol–water partition coefficient (Wildman–Crippen LogP) is 1.46. The van der Waals surface area contributed by atoms with Crippen LogP contribution in [0.2, 0.25) is 0 Å². The van der Waals surface area contributed by atoms with E-state index >= 15 is 0 Å². The van der Waals surface area contributed by atoms with Gasteiger partial charge in [-0.15, -0.1) is 0 Å². The molecule has 0 aliphatic carbocycles. The highest BCUT2D eigenvalue weighted by atomic mass is 16.6. The normalized spacial score (nSPS) is 17.6. The summed E-state index contributed by atoms with van der Waals surface area (Å²) < 4.78 is 0. The fourth-order valence-electron chi connectivity index (χ4n) is 2.01. The van der Waals surface area contributed by atoms with Gasteiger partial charge in [-0.05, 0) is 31.8 Å². The highest BCUT2D eigenvalue weighted by Crippen LogP contribution is 2.31. The van der Waals surface area contributed by atoms with Crippen LogP contribution in [0.25, 0.3) is 0 Å². The molecule has 0 aromatic carbocycles.